The summed E-state index contributed by atoms with van der Waals surface area (Å²) in [5.41, 5.74) is 0.783. The third-order valence-electron chi connectivity index (χ3n) is 6.67. The van der Waals surface area contributed by atoms with Gasteiger partial charge in [-0.2, -0.15) is 0 Å². The van der Waals surface area contributed by atoms with E-state index in [1.165, 1.54) is 22.9 Å². The number of carboxylic acid groups (broad SMARTS) is 1. The number of rotatable bonds is 7. The van der Waals surface area contributed by atoms with E-state index in [0.717, 1.165) is 31.2 Å². The first-order chi connectivity index (χ1) is 17.2. The first-order valence-electron chi connectivity index (χ1n) is 12.2. The summed E-state index contributed by atoms with van der Waals surface area (Å²) in [6.45, 7) is 6.66. The van der Waals surface area contributed by atoms with Crippen LogP contribution in [0.3, 0.4) is 0 Å². The molecule has 36 heavy (non-hydrogen) atoms. The van der Waals surface area contributed by atoms with E-state index in [-0.39, 0.29) is 29.3 Å². The third-order valence-corrected chi connectivity index (χ3v) is 6.67. The Balaban J connectivity index is 1.65. The maximum atomic E-state index is 13.1. The fraction of sp³-hybridized carbons (Fsp3) is 0.423. The van der Waals surface area contributed by atoms with Crippen molar-refractivity contribution in [1.29, 1.82) is 0 Å². The number of aromatic carboxylic acids is 1. The SMILES string of the molecule is CCn1c(=O)[nH]/c(=N\c2ccc(Oc3ccc(C(=O)O)cn3)c(C)c2)n(C[C@H]2CC[C@H](C)CC2)c1=O. The smallest absolute Gasteiger partial charge is 0.337 e. The second-order valence-corrected chi connectivity index (χ2v) is 9.37. The number of benzene rings is 1. The summed E-state index contributed by atoms with van der Waals surface area (Å²) in [5, 5.41) is 9.01. The minimum Gasteiger partial charge on any atom is -0.478 e. The summed E-state index contributed by atoms with van der Waals surface area (Å²) in [6, 6.07) is 8.15. The summed E-state index contributed by atoms with van der Waals surface area (Å²) >= 11 is 0. The molecule has 0 aliphatic heterocycles. The molecule has 0 bridgehead atoms. The highest BCUT2D eigenvalue weighted by molar-refractivity contribution is 5.87. The van der Waals surface area contributed by atoms with Crippen LogP contribution in [0, 0.1) is 18.8 Å². The monoisotopic (exact) mass is 493 g/mol. The van der Waals surface area contributed by atoms with Crippen molar-refractivity contribution in [3.05, 3.63) is 74.2 Å². The Hall–Kier alpha value is -3.95. The van der Waals surface area contributed by atoms with Crippen LogP contribution in [0.25, 0.3) is 0 Å². The molecule has 0 atom stereocenters. The average Bonchev–Trinajstić information content (AvgIpc) is 2.85. The van der Waals surface area contributed by atoms with Gasteiger partial charge in [-0.1, -0.05) is 19.8 Å². The van der Waals surface area contributed by atoms with Crippen molar-refractivity contribution in [3.8, 4) is 11.6 Å². The number of nitrogens with one attached hydrogen (secondary N) is 1. The number of aromatic amines is 1. The fourth-order valence-electron chi connectivity index (χ4n) is 4.48. The molecule has 0 spiro atoms. The van der Waals surface area contributed by atoms with Gasteiger partial charge < -0.3 is 9.84 Å². The third kappa shape index (κ3) is 5.64. The molecule has 3 aromatic rings. The zero-order valence-corrected chi connectivity index (χ0v) is 20.7. The number of H-pyrrole nitrogens is 1. The van der Waals surface area contributed by atoms with Crippen molar-refractivity contribution < 1.29 is 14.6 Å². The van der Waals surface area contributed by atoms with Gasteiger partial charge in [0.25, 0.3) is 0 Å². The molecule has 0 unspecified atom stereocenters. The van der Waals surface area contributed by atoms with Gasteiger partial charge in [-0.25, -0.2) is 28.9 Å². The van der Waals surface area contributed by atoms with Crippen LogP contribution in [-0.4, -0.2) is 30.2 Å². The zero-order valence-electron chi connectivity index (χ0n) is 20.7. The zero-order chi connectivity index (χ0) is 25.8. The van der Waals surface area contributed by atoms with Crippen LogP contribution in [0.2, 0.25) is 0 Å². The Morgan fingerprint density at radius 2 is 1.92 bits per heavy atom. The van der Waals surface area contributed by atoms with Gasteiger partial charge >= 0.3 is 17.3 Å². The van der Waals surface area contributed by atoms with Gasteiger partial charge in [0.05, 0.1) is 11.3 Å². The van der Waals surface area contributed by atoms with Crippen molar-refractivity contribution in [2.45, 2.75) is 59.5 Å². The van der Waals surface area contributed by atoms with Gasteiger partial charge in [-0.05, 0) is 68.4 Å². The van der Waals surface area contributed by atoms with Crippen LogP contribution in [-0.2, 0) is 13.1 Å². The first-order valence-corrected chi connectivity index (χ1v) is 12.2. The Labute approximate surface area is 208 Å². The molecule has 1 aliphatic carbocycles. The van der Waals surface area contributed by atoms with Gasteiger partial charge in [0.1, 0.15) is 5.75 Å². The molecule has 2 N–H and O–H groups in total. The van der Waals surface area contributed by atoms with Crippen LogP contribution in [0.1, 0.15) is 55.5 Å². The number of aryl methyl sites for hydroxylation is 1. The van der Waals surface area contributed by atoms with Crippen molar-refractivity contribution in [3.63, 3.8) is 0 Å². The predicted molar refractivity (Wildman–Crippen MR) is 134 cm³/mol. The van der Waals surface area contributed by atoms with Crippen molar-refractivity contribution in [1.82, 2.24) is 19.1 Å². The fourth-order valence-corrected chi connectivity index (χ4v) is 4.48. The van der Waals surface area contributed by atoms with Gasteiger partial charge in [0.15, 0.2) is 0 Å². The number of pyridine rings is 1. The summed E-state index contributed by atoms with van der Waals surface area (Å²) < 4.78 is 8.56. The van der Waals surface area contributed by atoms with E-state index in [1.54, 1.807) is 29.7 Å². The molecule has 1 fully saturated rings. The van der Waals surface area contributed by atoms with E-state index in [9.17, 15) is 14.4 Å². The maximum Gasteiger partial charge on any atom is 0.337 e. The summed E-state index contributed by atoms with van der Waals surface area (Å²) in [7, 11) is 0. The lowest BCUT2D eigenvalue weighted by atomic mass is 9.83. The lowest BCUT2D eigenvalue weighted by molar-refractivity contribution is 0.0696. The highest BCUT2D eigenvalue weighted by Gasteiger charge is 2.20. The number of aromatic nitrogens is 4. The summed E-state index contributed by atoms with van der Waals surface area (Å²) in [5.74, 6) is 0.800. The van der Waals surface area contributed by atoms with Gasteiger partial charge in [-0.15, -0.1) is 0 Å². The molecule has 10 nitrogen and oxygen atoms in total. The van der Waals surface area contributed by atoms with Crippen LogP contribution < -0.4 is 21.7 Å². The number of hydrogen-bond acceptors (Lipinski definition) is 6. The molecule has 1 aromatic carbocycles. The largest absolute Gasteiger partial charge is 0.478 e. The summed E-state index contributed by atoms with van der Waals surface area (Å²) in [6.07, 6.45) is 5.60. The van der Waals surface area contributed by atoms with E-state index >= 15 is 0 Å². The van der Waals surface area contributed by atoms with Crippen molar-refractivity contribution >= 4 is 11.7 Å². The Morgan fingerprint density at radius 3 is 2.53 bits per heavy atom. The molecule has 0 saturated heterocycles. The normalized spacial score (nSPS) is 18.2. The minimum absolute atomic E-state index is 0.0725. The lowest BCUT2D eigenvalue weighted by Gasteiger charge is -2.26. The number of ether oxygens (including phenoxy) is 1. The molecule has 2 aromatic heterocycles. The van der Waals surface area contributed by atoms with Crippen molar-refractivity contribution in [2.75, 3.05) is 0 Å². The van der Waals surface area contributed by atoms with E-state index in [2.05, 4.69) is 21.9 Å². The lowest BCUT2D eigenvalue weighted by Crippen LogP contribution is -2.50. The molecule has 4 rings (SSSR count). The number of nitrogens with zero attached hydrogens (tertiary/aromatic N) is 4. The Bertz CT molecular complexity index is 1430. The van der Waals surface area contributed by atoms with Crippen LogP contribution in [0.15, 0.2) is 51.1 Å². The standard InChI is InChI=1S/C26H31N5O5/c1-4-30-25(34)29-24(31(26(30)35)15-18-7-5-16(2)6-8-18)28-20-10-11-21(17(3)13-20)36-22-12-9-19(14-27-22)23(32)33/h9-14,16,18H,4-8,15H2,1-3H3,(H,32,33)(H,28,29,34)/t16-,18-. The Morgan fingerprint density at radius 1 is 1.17 bits per heavy atom. The molecule has 2 heterocycles. The van der Waals surface area contributed by atoms with E-state index < -0.39 is 11.7 Å². The average molecular weight is 494 g/mol. The van der Waals surface area contributed by atoms with Crippen LogP contribution >= 0.6 is 0 Å². The second-order valence-electron chi connectivity index (χ2n) is 9.37. The highest BCUT2D eigenvalue weighted by Crippen LogP contribution is 2.29. The maximum absolute atomic E-state index is 13.1. The van der Waals surface area contributed by atoms with Gasteiger partial charge in [0.2, 0.25) is 11.5 Å². The minimum atomic E-state index is -1.06. The highest BCUT2D eigenvalue weighted by atomic mass is 16.5. The molecule has 10 heteroatoms. The predicted octanol–water partition coefficient (Wildman–Crippen LogP) is 3.61. The van der Waals surface area contributed by atoms with Crippen LogP contribution in [0.4, 0.5) is 5.69 Å². The number of carbonyl (C=O) groups is 1. The second kappa shape index (κ2) is 10.8. The molecule has 1 saturated carbocycles. The molecular weight excluding hydrogens is 462 g/mol. The molecule has 0 radical (unpaired) electrons. The molecule has 190 valence electrons. The number of hydrogen-bond donors (Lipinski definition) is 2. The van der Waals surface area contributed by atoms with Crippen molar-refractivity contribution in [2.24, 2.45) is 16.8 Å². The van der Waals surface area contributed by atoms with E-state index in [0.29, 0.717) is 29.8 Å². The van der Waals surface area contributed by atoms with Crippen LogP contribution in [0.5, 0.6) is 11.6 Å². The van der Waals surface area contributed by atoms with Gasteiger partial charge in [0, 0.05) is 25.4 Å². The number of carboxylic acids is 1. The molecule has 0 amide bonds. The van der Waals surface area contributed by atoms with E-state index in [4.69, 9.17) is 9.84 Å². The van der Waals surface area contributed by atoms with Gasteiger partial charge in [-0.3, -0.25) is 9.55 Å². The Kier molecular flexibility index (Phi) is 7.52. The first kappa shape index (κ1) is 25.2. The summed E-state index contributed by atoms with van der Waals surface area (Å²) in [4.78, 5) is 48.1. The molecular formula is C26H31N5O5. The molecule has 1 aliphatic rings. The quantitative estimate of drug-likeness (QED) is 0.517. The topological polar surface area (TPSA) is 132 Å². The van der Waals surface area contributed by atoms with E-state index in [1.807, 2.05) is 6.92 Å².